The smallest absolute Gasteiger partial charge is 0.303 e. The standard InChI is InChI=1S/C24H51N.C18H36O2/c1-2-3-4-5-6-7-8-9-10-11-12-13-14-15-16-17-18-19-20-21-22-23-24-25;1-2-3-4-5-6-7-8-9-10-11-12-13-14-15-16-17-18(19)20/h2-25H2,1H3;2-17H2,1H3,(H,19,20). The van der Waals surface area contributed by atoms with Gasteiger partial charge >= 0.3 is 5.97 Å². The summed E-state index contributed by atoms with van der Waals surface area (Å²) in [5, 5.41) is 8.52. The normalized spacial score (nSPS) is 11.1. The van der Waals surface area contributed by atoms with Crippen LogP contribution in [0.5, 0.6) is 0 Å². The molecule has 0 aliphatic heterocycles. The molecule has 0 saturated heterocycles. The molecule has 0 bridgehead atoms. The monoisotopic (exact) mass is 638 g/mol. The average molecular weight is 638 g/mol. The first-order valence-electron chi connectivity index (χ1n) is 21.1. The summed E-state index contributed by atoms with van der Waals surface area (Å²) in [6, 6.07) is 0. The van der Waals surface area contributed by atoms with Gasteiger partial charge in [-0.3, -0.25) is 4.79 Å². The van der Waals surface area contributed by atoms with Gasteiger partial charge in [0.15, 0.2) is 0 Å². The van der Waals surface area contributed by atoms with Crippen LogP contribution in [0.2, 0.25) is 0 Å². The Hall–Kier alpha value is -0.570. The predicted octanol–water partition coefficient (Wildman–Crippen LogP) is 14.9. The maximum absolute atomic E-state index is 10.3. The van der Waals surface area contributed by atoms with Crippen molar-refractivity contribution >= 4 is 5.97 Å². The van der Waals surface area contributed by atoms with Gasteiger partial charge in [-0.25, -0.2) is 0 Å². The lowest BCUT2D eigenvalue weighted by molar-refractivity contribution is -0.137. The van der Waals surface area contributed by atoms with E-state index in [2.05, 4.69) is 13.8 Å². The number of carboxylic acids is 1. The number of unbranched alkanes of at least 4 members (excludes halogenated alkanes) is 35. The van der Waals surface area contributed by atoms with Crippen LogP contribution in [0.3, 0.4) is 0 Å². The van der Waals surface area contributed by atoms with Crippen LogP contribution in [0.15, 0.2) is 0 Å². The minimum absolute atomic E-state index is 0.345. The summed E-state index contributed by atoms with van der Waals surface area (Å²) in [4.78, 5) is 10.3. The zero-order valence-electron chi connectivity index (χ0n) is 31.5. The fraction of sp³-hybridized carbons (Fsp3) is 0.976. The van der Waals surface area contributed by atoms with Gasteiger partial charge in [-0.1, -0.05) is 239 Å². The highest BCUT2D eigenvalue weighted by atomic mass is 16.4. The molecule has 0 atom stereocenters. The van der Waals surface area contributed by atoms with Crippen molar-refractivity contribution in [2.75, 3.05) is 6.54 Å². The molecule has 0 unspecified atom stereocenters. The molecular formula is C42H87NO2. The maximum Gasteiger partial charge on any atom is 0.303 e. The van der Waals surface area contributed by atoms with Crippen molar-refractivity contribution in [1.29, 1.82) is 0 Å². The van der Waals surface area contributed by atoms with Crippen molar-refractivity contribution in [3.8, 4) is 0 Å². The van der Waals surface area contributed by atoms with Gasteiger partial charge in [0.25, 0.3) is 0 Å². The molecule has 3 heteroatoms. The zero-order chi connectivity index (χ0) is 33.2. The third kappa shape index (κ3) is 50.5. The Morgan fingerprint density at radius 1 is 0.333 bits per heavy atom. The third-order valence-electron chi connectivity index (χ3n) is 9.55. The number of nitrogens with two attached hydrogens (primary N) is 1. The molecule has 0 aromatic carbocycles. The zero-order valence-corrected chi connectivity index (χ0v) is 31.5. The predicted molar refractivity (Wildman–Crippen MR) is 203 cm³/mol. The van der Waals surface area contributed by atoms with Gasteiger partial charge in [-0.15, -0.1) is 0 Å². The summed E-state index contributed by atoms with van der Waals surface area (Å²) in [5.74, 6) is -0.653. The first-order chi connectivity index (χ1) is 22.2. The van der Waals surface area contributed by atoms with Crippen molar-refractivity contribution < 1.29 is 9.90 Å². The van der Waals surface area contributed by atoms with Crippen LogP contribution in [-0.4, -0.2) is 17.6 Å². The van der Waals surface area contributed by atoms with Gasteiger partial charge in [-0.05, 0) is 19.4 Å². The molecule has 0 saturated carbocycles. The van der Waals surface area contributed by atoms with E-state index in [0.717, 1.165) is 19.4 Å². The van der Waals surface area contributed by atoms with E-state index < -0.39 is 5.97 Å². The van der Waals surface area contributed by atoms with Gasteiger partial charge < -0.3 is 10.8 Å². The van der Waals surface area contributed by atoms with E-state index in [0.29, 0.717) is 6.42 Å². The van der Waals surface area contributed by atoms with Gasteiger partial charge in [0.05, 0.1) is 0 Å². The molecular weight excluding hydrogens is 550 g/mol. The first kappa shape index (κ1) is 46.5. The Bertz CT molecular complexity index is 487. The van der Waals surface area contributed by atoms with Crippen molar-refractivity contribution in [3.63, 3.8) is 0 Å². The quantitative estimate of drug-likeness (QED) is 0.0662. The minimum Gasteiger partial charge on any atom is -0.481 e. The number of aliphatic carboxylic acids is 1. The van der Waals surface area contributed by atoms with Crippen LogP contribution < -0.4 is 5.73 Å². The molecule has 0 aromatic heterocycles. The number of carboxylic acid groups (broad SMARTS) is 1. The molecule has 3 N–H and O–H groups in total. The summed E-state index contributed by atoms with van der Waals surface area (Å²) >= 11 is 0. The highest BCUT2D eigenvalue weighted by Crippen LogP contribution is 2.16. The van der Waals surface area contributed by atoms with Crippen molar-refractivity contribution in [3.05, 3.63) is 0 Å². The summed E-state index contributed by atoms with van der Waals surface area (Å²) < 4.78 is 0. The van der Waals surface area contributed by atoms with E-state index in [1.807, 2.05) is 0 Å². The molecule has 0 amide bonds. The molecule has 0 aliphatic rings. The molecule has 45 heavy (non-hydrogen) atoms. The second kappa shape index (κ2) is 45.6. The van der Waals surface area contributed by atoms with Gasteiger partial charge in [0.2, 0.25) is 0 Å². The second-order valence-corrected chi connectivity index (χ2v) is 14.3. The van der Waals surface area contributed by atoms with E-state index in [9.17, 15) is 4.79 Å². The maximum atomic E-state index is 10.3. The van der Waals surface area contributed by atoms with Crippen LogP contribution in [-0.2, 0) is 4.79 Å². The molecule has 0 heterocycles. The Morgan fingerprint density at radius 2 is 0.511 bits per heavy atom. The van der Waals surface area contributed by atoms with E-state index in [4.69, 9.17) is 10.8 Å². The average Bonchev–Trinajstić information content (AvgIpc) is 3.04. The molecule has 3 nitrogen and oxygen atoms in total. The lowest BCUT2D eigenvalue weighted by atomic mass is 10.0. The topological polar surface area (TPSA) is 63.3 Å². The van der Waals surface area contributed by atoms with E-state index in [1.165, 1.54) is 225 Å². The fourth-order valence-corrected chi connectivity index (χ4v) is 6.40. The lowest BCUT2D eigenvalue weighted by Gasteiger charge is -2.04. The highest BCUT2D eigenvalue weighted by molar-refractivity contribution is 5.66. The Balaban J connectivity index is 0. The van der Waals surface area contributed by atoms with Crippen LogP contribution >= 0.6 is 0 Å². The van der Waals surface area contributed by atoms with Crippen molar-refractivity contribution in [1.82, 2.24) is 0 Å². The van der Waals surface area contributed by atoms with E-state index in [1.54, 1.807) is 0 Å². The Labute approximate surface area is 285 Å². The number of hydrogen-bond donors (Lipinski definition) is 2. The van der Waals surface area contributed by atoms with Gasteiger partial charge in [0.1, 0.15) is 0 Å². The molecule has 0 rings (SSSR count). The molecule has 0 radical (unpaired) electrons. The second-order valence-electron chi connectivity index (χ2n) is 14.3. The Kier molecular flexibility index (Phi) is 47.1. The summed E-state index contributed by atoms with van der Waals surface area (Å²) in [7, 11) is 0. The van der Waals surface area contributed by atoms with Crippen molar-refractivity contribution in [2.24, 2.45) is 5.73 Å². The number of rotatable bonds is 38. The molecule has 0 spiro atoms. The molecule has 0 fully saturated rings. The molecule has 272 valence electrons. The molecule has 0 aromatic rings. The van der Waals surface area contributed by atoms with Crippen LogP contribution in [0, 0.1) is 0 Å². The molecule has 0 aliphatic carbocycles. The van der Waals surface area contributed by atoms with E-state index in [-0.39, 0.29) is 0 Å². The van der Waals surface area contributed by atoms with Crippen LogP contribution in [0.25, 0.3) is 0 Å². The third-order valence-corrected chi connectivity index (χ3v) is 9.55. The summed E-state index contributed by atoms with van der Waals surface area (Å²) in [5.41, 5.74) is 5.51. The van der Waals surface area contributed by atoms with Crippen molar-refractivity contribution in [2.45, 2.75) is 258 Å². The van der Waals surface area contributed by atoms with Gasteiger partial charge in [-0.2, -0.15) is 0 Å². The number of carbonyl (C=O) groups is 1. The van der Waals surface area contributed by atoms with Crippen LogP contribution in [0.1, 0.15) is 258 Å². The van der Waals surface area contributed by atoms with Crippen LogP contribution in [0.4, 0.5) is 0 Å². The fourth-order valence-electron chi connectivity index (χ4n) is 6.40. The number of hydrogen-bond acceptors (Lipinski definition) is 2. The SMILES string of the molecule is CCCCCCCCCCCCCCCCCC(=O)O.CCCCCCCCCCCCCCCCCCCCCCCCN. The Morgan fingerprint density at radius 3 is 0.689 bits per heavy atom. The first-order valence-corrected chi connectivity index (χ1v) is 21.1. The minimum atomic E-state index is -0.653. The lowest BCUT2D eigenvalue weighted by Crippen LogP contribution is -1.97. The van der Waals surface area contributed by atoms with Gasteiger partial charge in [0, 0.05) is 6.42 Å². The highest BCUT2D eigenvalue weighted by Gasteiger charge is 1.98. The largest absolute Gasteiger partial charge is 0.481 e. The van der Waals surface area contributed by atoms with E-state index >= 15 is 0 Å². The summed E-state index contributed by atoms with van der Waals surface area (Å²) in [6.07, 6.45) is 52.0. The summed E-state index contributed by atoms with van der Waals surface area (Å²) in [6.45, 7) is 5.44.